The summed E-state index contributed by atoms with van der Waals surface area (Å²) < 4.78 is 0. The van der Waals surface area contributed by atoms with Gasteiger partial charge in [0, 0.05) is 0 Å². The van der Waals surface area contributed by atoms with Gasteiger partial charge in [0.2, 0.25) is 0 Å². The Balaban J connectivity index is 4.23. The zero-order chi connectivity index (χ0) is 20.5. The highest BCUT2D eigenvalue weighted by molar-refractivity contribution is 5.82. The molecule has 0 aliphatic carbocycles. The monoisotopic (exact) mass is 384 g/mol. The van der Waals surface area contributed by atoms with Crippen molar-refractivity contribution in [2.75, 3.05) is 0 Å². The lowest BCUT2D eigenvalue weighted by molar-refractivity contribution is -0.150. The van der Waals surface area contributed by atoms with E-state index in [0.29, 0.717) is 6.42 Å². The van der Waals surface area contributed by atoms with Crippen LogP contribution in [0, 0.1) is 0 Å². The van der Waals surface area contributed by atoms with Crippen LogP contribution < -0.4 is 0 Å². The van der Waals surface area contributed by atoms with Crippen LogP contribution in [0.5, 0.6) is 0 Å². The third-order valence-electron chi connectivity index (χ3n) is 5.30. The molecule has 0 radical (unpaired) electrons. The SMILES string of the molecule is CCCC/C=C/[C@@](O)([C@H](O)CCCCCCCCCCCC)[C@@H](O)C(C)=O. The molecule has 0 aromatic heterocycles. The van der Waals surface area contributed by atoms with E-state index >= 15 is 0 Å². The molecule has 0 aromatic rings. The molecule has 0 aliphatic rings. The Morgan fingerprint density at radius 1 is 0.852 bits per heavy atom. The molecule has 3 atom stereocenters. The standard InChI is InChI=1S/C23H44O4/c1-4-6-8-10-11-12-13-14-15-16-18-21(25)23(27,22(26)20(3)24)19-17-9-7-5-2/h17,19,21-22,25-27H,4-16,18H2,1-3H3/b19-17+/t21-,22+,23-/m1/s1. The van der Waals surface area contributed by atoms with Gasteiger partial charge in [-0.15, -0.1) is 0 Å². The molecule has 0 aromatic carbocycles. The maximum atomic E-state index is 11.6. The van der Waals surface area contributed by atoms with Gasteiger partial charge in [-0.2, -0.15) is 0 Å². The smallest absolute Gasteiger partial charge is 0.161 e. The molecular weight excluding hydrogens is 340 g/mol. The first kappa shape index (κ1) is 26.3. The molecule has 3 N–H and O–H groups in total. The van der Waals surface area contributed by atoms with Crippen molar-refractivity contribution < 1.29 is 20.1 Å². The number of hydrogen-bond donors (Lipinski definition) is 3. The number of allylic oxidation sites excluding steroid dienone is 1. The summed E-state index contributed by atoms with van der Waals surface area (Å²) in [6.45, 7) is 5.54. The van der Waals surface area contributed by atoms with Crippen LogP contribution >= 0.6 is 0 Å². The third kappa shape index (κ3) is 11.7. The van der Waals surface area contributed by atoms with Crippen molar-refractivity contribution in [3.63, 3.8) is 0 Å². The number of ketones is 1. The summed E-state index contributed by atoms with van der Waals surface area (Å²) in [6, 6.07) is 0. The highest BCUT2D eigenvalue weighted by atomic mass is 16.4. The third-order valence-corrected chi connectivity index (χ3v) is 5.30. The van der Waals surface area contributed by atoms with Crippen molar-refractivity contribution in [2.24, 2.45) is 0 Å². The van der Waals surface area contributed by atoms with Gasteiger partial charge in [-0.1, -0.05) is 103 Å². The first-order valence-corrected chi connectivity index (χ1v) is 11.2. The minimum atomic E-state index is -1.89. The van der Waals surface area contributed by atoms with E-state index in [1.165, 1.54) is 57.9 Å². The van der Waals surface area contributed by atoms with Gasteiger partial charge >= 0.3 is 0 Å². The van der Waals surface area contributed by atoms with Crippen molar-refractivity contribution in [3.05, 3.63) is 12.2 Å². The average Bonchev–Trinajstić information content (AvgIpc) is 2.65. The van der Waals surface area contributed by atoms with E-state index < -0.39 is 23.6 Å². The second-order valence-electron chi connectivity index (χ2n) is 7.93. The van der Waals surface area contributed by atoms with Crippen LogP contribution in [0.1, 0.15) is 111 Å². The number of aliphatic hydroxyl groups excluding tert-OH is 2. The molecule has 0 amide bonds. The van der Waals surface area contributed by atoms with Crippen molar-refractivity contribution in [1.82, 2.24) is 0 Å². The highest BCUT2D eigenvalue weighted by Crippen LogP contribution is 2.24. The lowest BCUT2D eigenvalue weighted by Crippen LogP contribution is -2.53. The molecule has 0 unspecified atom stereocenters. The molecule has 4 nitrogen and oxygen atoms in total. The van der Waals surface area contributed by atoms with Crippen molar-refractivity contribution in [3.8, 4) is 0 Å². The number of hydrogen-bond acceptors (Lipinski definition) is 4. The molecule has 0 rings (SSSR count). The first-order chi connectivity index (χ1) is 12.9. The van der Waals surface area contributed by atoms with Gasteiger partial charge in [-0.05, 0) is 19.8 Å². The lowest BCUT2D eigenvalue weighted by atomic mass is 9.84. The number of carbonyl (C=O) groups is 1. The maximum absolute atomic E-state index is 11.6. The predicted octanol–water partition coefficient (Wildman–Crippen LogP) is 5.09. The normalized spacial score (nSPS) is 16.4. The summed E-state index contributed by atoms with van der Waals surface area (Å²) in [4.78, 5) is 11.6. The molecule has 0 fully saturated rings. The van der Waals surface area contributed by atoms with Crippen molar-refractivity contribution in [2.45, 2.75) is 128 Å². The average molecular weight is 385 g/mol. The maximum Gasteiger partial charge on any atom is 0.161 e. The van der Waals surface area contributed by atoms with Gasteiger partial charge in [-0.25, -0.2) is 0 Å². The molecule has 0 saturated heterocycles. The molecule has 0 aliphatic heterocycles. The second kappa shape index (κ2) is 16.3. The fraction of sp³-hybridized carbons (Fsp3) is 0.870. The molecule has 0 saturated carbocycles. The summed E-state index contributed by atoms with van der Waals surface area (Å²) in [7, 11) is 0. The van der Waals surface area contributed by atoms with E-state index in [1.54, 1.807) is 6.08 Å². The quantitative estimate of drug-likeness (QED) is 0.227. The van der Waals surface area contributed by atoms with Crippen LogP contribution in [0.4, 0.5) is 0 Å². The van der Waals surface area contributed by atoms with Crippen LogP contribution in [-0.4, -0.2) is 38.9 Å². The van der Waals surface area contributed by atoms with Crippen LogP contribution in [0.25, 0.3) is 0 Å². The number of Topliss-reactive ketones (excluding diaryl/α,β-unsaturated/α-hetero) is 1. The lowest BCUT2D eigenvalue weighted by Gasteiger charge is -2.33. The highest BCUT2D eigenvalue weighted by Gasteiger charge is 2.42. The molecule has 4 heteroatoms. The first-order valence-electron chi connectivity index (χ1n) is 11.2. The summed E-state index contributed by atoms with van der Waals surface area (Å²) in [5.74, 6) is -0.528. The summed E-state index contributed by atoms with van der Waals surface area (Å²) in [5, 5.41) is 31.3. The van der Waals surface area contributed by atoms with Crippen molar-refractivity contribution in [1.29, 1.82) is 0 Å². The van der Waals surface area contributed by atoms with Crippen LogP contribution in [0.3, 0.4) is 0 Å². The Kier molecular flexibility index (Phi) is 15.8. The molecule has 27 heavy (non-hydrogen) atoms. The zero-order valence-electron chi connectivity index (χ0n) is 18.0. The number of carbonyl (C=O) groups excluding carboxylic acids is 1. The Morgan fingerprint density at radius 2 is 1.33 bits per heavy atom. The van der Waals surface area contributed by atoms with Gasteiger partial charge in [0.15, 0.2) is 5.78 Å². The second-order valence-corrected chi connectivity index (χ2v) is 7.93. The van der Waals surface area contributed by atoms with Crippen LogP contribution in [-0.2, 0) is 4.79 Å². The Labute approximate surface area is 167 Å². The molecule has 0 heterocycles. The van der Waals surface area contributed by atoms with Crippen LogP contribution in [0.15, 0.2) is 12.2 Å². The van der Waals surface area contributed by atoms with E-state index in [4.69, 9.17) is 0 Å². The molecule has 0 spiro atoms. The van der Waals surface area contributed by atoms with E-state index in [9.17, 15) is 20.1 Å². The molecule has 0 bridgehead atoms. The fourth-order valence-corrected chi connectivity index (χ4v) is 3.36. The summed E-state index contributed by atoms with van der Waals surface area (Å²) in [6.07, 6.45) is 15.6. The van der Waals surface area contributed by atoms with Gasteiger partial charge < -0.3 is 15.3 Å². The summed E-state index contributed by atoms with van der Waals surface area (Å²) in [5.41, 5.74) is -1.89. The Morgan fingerprint density at radius 3 is 1.81 bits per heavy atom. The largest absolute Gasteiger partial charge is 0.390 e. The molecule has 160 valence electrons. The van der Waals surface area contributed by atoms with E-state index in [2.05, 4.69) is 13.8 Å². The predicted molar refractivity (Wildman–Crippen MR) is 113 cm³/mol. The summed E-state index contributed by atoms with van der Waals surface area (Å²) >= 11 is 0. The van der Waals surface area contributed by atoms with E-state index in [0.717, 1.165) is 38.5 Å². The van der Waals surface area contributed by atoms with E-state index in [-0.39, 0.29) is 0 Å². The molecular formula is C23H44O4. The fourth-order valence-electron chi connectivity index (χ4n) is 3.36. The Bertz CT molecular complexity index is 394. The Hall–Kier alpha value is -0.710. The zero-order valence-corrected chi connectivity index (χ0v) is 18.0. The van der Waals surface area contributed by atoms with Gasteiger partial charge in [0.1, 0.15) is 11.7 Å². The topological polar surface area (TPSA) is 77.8 Å². The van der Waals surface area contributed by atoms with Gasteiger partial charge in [0.25, 0.3) is 0 Å². The minimum absolute atomic E-state index is 0.384. The van der Waals surface area contributed by atoms with Crippen molar-refractivity contribution >= 4 is 5.78 Å². The number of aliphatic hydroxyl groups is 3. The number of rotatable bonds is 18. The van der Waals surface area contributed by atoms with Gasteiger partial charge in [0.05, 0.1) is 6.10 Å². The van der Waals surface area contributed by atoms with Crippen LogP contribution in [0.2, 0.25) is 0 Å². The minimum Gasteiger partial charge on any atom is -0.390 e. The number of unbranched alkanes of at least 4 members (excludes halogenated alkanes) is 11. The van der Waals surface area contributed by atoms with E-state index in [1.807, 2.05) is 0 Å². The van der Waals surface area contributed by atoms with Gasteiger partial charge in [-0.3, -0.25) is 4.79 Å².